The molecule has 26 heavy (non-hydrogen) atoms. The van der Waals surface area contributed by atoms with Gasteiger partial charge in [0.2, 0.25) is 4.96 Å². The summed E-state index contributed by atoms with van der Waals surface area (Å²) in [5, 5.41) is 14.6. The van der Waals surface area contributed by atoms with Gasteiger partial charge in [-0.25, -0.2) is 0 Å². The molecule has 1 aliphatic rings. The summed E-state index contributed by atoms with van der Waals surface area (Å²) in [6.45, 7) is 2.09. The maximum atomic E-state index is 4.81. The zero-order chi connectivity index (χ0) is 17.5. The van der Waals surface area contributed by atoms with Crippen LogP contribution in [0, 0.1) is 6.92 Å². The molecule has 2 heterocycles. The Kier molecular flexibility index (Phi) is 3.82. The zero-order valence-electron chi connectivity index (χ0n) is 14.8. The molecule has 0 fully saturated rings. The van der Waals surface area contributed by atoms with E-state index < -0.39 is 0 Å². The van der Waals surface area contributed by atoms with E-state index in [9.17, 15) is 0 Å². The first-order chi connectivity index (χ1) is 12.8. The highest BCUT2D eigenvalue weighted by Gasteiger charge is 2.16. The van der Waals surface area contributed by atoms with Crippen LogP contribution in [0.15, 0.2) is 42.5 Å². The van der Waals surface area contributed by atoms with Crippen molar-refractivity contribution in [2.75, 3.05) is 0 Å². The maximum absolute atomic E-state index is 4.81. The Bertz CT molecular complexity index is 1090. The Morgan fingerprint density at radius 2 is 1.85 bits per heavy atom. The summed E-state index contributed by atoms with van der Waals surface area (Å²) in [6.07, 6.45) is 5.93. The van der Waals surface area contributed by atoms with Crippen LogP contribution < -0.4 is 0 Å². The van der Waals surface area contributed by atoms with Crippen molar-refractivity contribution in [2.45, 2.75) is 39.0 Å². The lowest BCUT2D eigenvalue weighted by Crippen LogP contribution is -2.03. The van der Waals surface area contributed by atoms with E-state index >= 15 is 0 Å². The molecule has 0 spiro atoms. The Labute approximate surface area is 156 Å². The number of fused-ring (bicyclic) bond motifs is 2. The topological polar surface area (TPSA) is 43.1 Å². The minimum Gasteiger partial charge on any atom is -0.183 e. The van der Waals surface area contributed by atoms with Gasteiger partial charge < -0.3 is 0 Å². The summed E-state index contributed by atoms with van der Waals surface area (Å²) in [4.78, 5) is 0.858. The summed E-state index contributed by atoms with van der Waals surface area (Å²) < 4.78 is 1.89. The zero-order valence-corrected chi connectivity index (χ0v) is 15.6. The van der Waals surface area contributed by atoms with E-state index in [-0.39, 0.29) is 0 Å². The second-order valence-electron chi connectivity index (χ2n) is 7.02. The Hall–Kier alpha value is -2.53. The SMILES string of the molecule is Cc1ccccc1-c1nnc2sc(Cc3ccc4c(c3)CCCC4)nn12. The lowest BCUT2D eigenvalue weighted by molar-refractivity contribution is 0.684. The lowest BCUT2D eigenvalue weighted by atomic mass is 9.90. The molecule has 0 bridgehead atoms. The summed E-state index contributed by atoms with van der Waals surface area (Å²) in [5.74, 6) is 0.825. The van der Waals surface area contributed by atoms with Crippen LogP contribution in [-0.4, -0.2) is 19.8 Å². The summed E-state index contributed by atoms with van der Waals surface area (Å²) in [6, 6.07) is 15.2. The van der Waals surface area contributed by atoms with Gasteiger partial charge in [-0.1, -0.05) is 53.8 Å². The summed E-state index contributed by atoms with van der Waals surface area (Å²) >= 11 is 1.63. The van der Waals surface area contributed by atoms with E-state index in [1.165, 1.54) is 47.9 Å². The highest BCUT2D eigenvalue weighted by molar-refractivity contribution is 7.16. The molecule has 4 nitrogen and oxygen atoms in total. The van der Waals surface area contributed by atoms with Gasteiger partial charge >= 0.3 is 0 Å². The number of nitrogens with zero attached hydrogens (tertiary/aromatic N) is 4. The first kappa shape index (κ1) is 15.7. The molecule has 0 saturated heterocycles. The Morgan fingerprint density at radius 1 is 1.00 bits per heavy atom. The molecular formula is C21H20N4S. The largest absolute Gasteiger partial charge is 0.234 e. The van der Waals surface area contributed by atoms with Crippen molar-refractivity contribution in [3.8, 4) is 11.4 Å². The van der Waals surface area contributed by atoms with Crippen LogP contribution in [0.5, 0.6) is 0 Å². The second-order valence-corrected chi connectivity index (χ2v) is 8.06. The third kappa shape index (κ3) is 2.72. The van der Waals surface area contributed by atoms with Gasteiger partial charge in [0, 0.05) is 12.0 Å². The number of aryl methyl sites for hydroxylation is 3. The maximum Gasteiger partial charge on any atom is 0.234 e. The normalized spacial score (nSPS) is 13.9. The predicted octanol–water partition coefficient (Wildman–Crippen LogP) is 4.63. The molecule has 0 N–H and O–H groups in total. The van der Waals surface area contributed by atoms with Crippen molar-refractivity contribution in [3.05, 3.63) is 69.7 Å². The van der Waals surface area contributed by atoms with Gasteiger partial charge in [0.25, 0.3) is 0 Å². The predicted molar refractivity (Wildman–Crippen MR) is 105 cm³/mol. The van der Waals surface area contributed by atoms with E-state index in [1.807, 2.05) is 16.6 Å². The monoisotopic (exact) mass is 360 g/mol. The first-order valence-corrected chi connectivity index (χ1v) is 9.97. The highest BCUT2D eigenvalue weighted by atomic mass is 32.1. The fourth-order valence-electron chi connectivity index (χ4n) is 3.79. The van der Waals surface area contributed by atoms with Gasteiger partial charge in [0.1, 0.15) is 5.01 Å². The van der Waals surface area contributed by atoms with E-state index in [2.05, 4.69) is 47.5 Å². The average Bonchev–Trinajstić information content (AvgIpc) is 3.22. The van der Waals surface area contributed by atoms with Gasteiger partial charge in [-0.05, 0) is 54.9 Å². The van der Waals surface area contributed by atoms with Gasteiger partial charge in [-0.3, -0.25) is 0 Å². The van der Waals surface area contributed by atoms with Gasteiger partial charge in [-0.15, -0.1) is 10.2 Å². The third-order valence-corrected chi connectivity index (χ3v) is 6.09. The molecule has 1 aliphatic carbocycles. The van der Waals surface area contributed by atoms with Crippen LogP contribution in [0.1, 0.15) is 40.1 Å². The molecule has 2 aromatic carbocycles. The standard InChI is InChI=1S/C21H20N4S/c1-14-6-2-5-9-18(14)20-22-23-21-25(20)24-19(26-21)13-15-10-11-16-7-3-4-8-17(16)12-15/h2,5-6,9-12H,3-4,7-8,13H2,1H3. The van der Waals surface area contributed by atoms with Crippen LogP contribution in [-0.2, 0) is 19.3 Å². The molecule has 2 aromatic heterocycles. The number of hydrogen-bond acceptors (Lipinski definition) is 4. The van der Waals surface area contributed by atoms with E-state index in [0.717, 1.165) is 27.8 Å². The van der Waals surface area contributed by atoms with Gasteiger partial charge in [-0.2, -0.15) is 9.61 Å². The Morgan fingerprint density at radius 3 is 2.73 bits per heavy atom. The van der Waals surface area contributed by atoms with Crippen molar-refractivity contribution < 1.29 is 0 Å². The van der Waals surface area contributed by atoms with Crippen LogP contribution in [0.2, 0.25) is 0 Å². The number of benzene rings is 2. The molecule has 4 aromatic rings. The lowest BCUT2D eigenvalue weighted by Gasteiger charge is -2.16. The van der Waals surface area contributed by atoms with E-state index in [1.54, 1.807) is 11.3 Å². The molecule has 0 amide bonds. The minimum absolute atomic E-state index is 0.825. The van der Waals surface area contributed by atoms with Crippen molar-refractivity contribution in [3.63, 3.8) is 0 Å². The summed E-state index contributed by atoms with van der Waals surface area (Å²) in [7, 11) is 0. The molecule has 130 valence electrons. The van der Waals surface area contributed by atoms with Gasteiger partial charge in [0.05, 0.1) is 0 Å². The fraction of sp³-hybridized carbons (Fsp3) is 0.286. The average molecular weight is 360 g/mol. The van der Waals surface area contributed by atoms with Crippen molar-refractivity contribution in [2.24, 2.45) is 0 Å². The van der Waals surface area contributed by atoms with Crippen LogP contribution in [0.3, 0.4) is 0 Å². The van der Waals surface area contributed by atoms with Crippen LogP contribution >= 0.6 is 11.3 Å². The summed E-state index contributed by atoms with van der Waals surface area (Å²) in [5.41, 5.74) is 6.67. The van der Waals surface area contributed by atoms with Crippen molar-refractivity contribution in [1.29, 1.82) is 0 Å². The van der Waals surface area contributed by atoms with Crippen LogP contribution in [0.4, 0.5) is 0 Å². The minimum atomic E-state index is 0.825. The quantitative estimate of drug-likeness (QED) is 0.535. The molecule has 0 unspecified atom stereocenters. The highest BCUT2D eigenvalue weighted by Crippen LogP contribution is 2.27. The van der Waals surface area contributed by atoms with E-state index in [4.69, 9.17) is 5.10 Å². The number of rotatable bonds is 3. The molecule has 0 radical (unpaired) electrons. The van der Waals surface area contributed by atoms with Crippen LogP contribution in [0.25, 0.3) is 16.3 Å². The molecule has 5 rings (SSSR count). The molecule has 0 atom stereocenters. The third-order valence-electron chi connectivity index (χ3n) is 5.19. The van der Waals surface area contributed by atoms with Crippen molar-refractivity contribution in [1.82, 2.24) is 19.8 Å². The number of aromatic nitrogens is 4. The van der Waals surface area contributed by atoms with Gasteiger partial charge in [0.15, 0.2) is 5.82 Å². The van der Waals surface area contributed by atoms with E-state index in [0.29, 0.717) is 0 Å². The van der Waals surface area contributed by atoms with Crippen molar-refractivity contribution >= 4 is 16.3 Å². The molecular weight excluding hydrogens is 340 g/mol. The second kappa shape index (κ2) is 6.32. The molecule has 0 aliphatic heterocycles. The fourth-order valence-corrected chi connectivity index (χ4v) is 4.66. The Balaban J connectivity index is 1.48. The first-order valence-electron chi connectivity index (χ1n) is 9.16. The molecule has 0 saturated carbocycles. The molecule has 5 heteroatoms. The smallest absolute Gasteiger partial charge is 0.183 e. The number of hydrogen-bond donors (Lipinski definition) is 0.